The van der Waals surface area contributed by atoms with Gasteiger partial charge < -0.3 is 16.4 Å². The minimum absolute atomic E-state index is 0.217. The largest absolute Gasteiger partial charge is 0.370 e. The number of nitrogens with two attached hydrogens (primary N) is 2. The van der Waals surface area contributed by atoms with Crippen molar-refractivity contribution in [1.29, 1.82) is 0 Å². The van der Waals surface area contributed by atoms with E-state index in [1.54, 1.807) is 0 Å². The third kappa shape index (κ3) is 2.89. The molecule has 0 unspecified atom stereocenters. The highest BCUT2D eigenvalue weighted by atomic mass is 16.1. The molecule has 3 rings (SSSR count). The van der Waals surface area contributed by atoms with Gasteiger partial charge in [0.2, 0.25) is 11.9 Å². The summed E-state index contributed by atoms with van der Waals surface area (Å²) in [5, 5.41) is 1.01. The second-order valence-electron chi connectivity index (χ2n) is 5.52. The Kier molecular flexibility index (Phi) is 3.60. The molecule has 0 bridgehead atoms. The van der Waals surface area contributed by atoms with Crippen LogP contribution < -0.4 is 16.4 Å². The maximum atomic E-state index is 11.0. The number of para-hydroxylation sites is 1. The molecule has 1 aliphatic rings. The van der Waals surface area contributed by atoms with E-state index in [9.17, 15) is 4.79 Å². The number of primary amides is 1. The monoisotopic (exact) mass is 285 g/mol. The summed E-state index contributed by atoms with van der Waals surface area (Å²) in [6, 6.07) is 7.87. The molecule has 4 N–H and O–H groups in total. The molecule has 1 aromatic carbocycles. The number of amides is 1. The van der Waals surface area contributed by atoms with Crippen LogP contribution >= 0.6 is 0 Å². The molecule has 1 aliphatic heterocycles. The van der Waals surface area contributed by atoms with E-state index >= 15 is 0 Å². The van der Waals surface area contributed by atoms with Crippen molar-refractivity contribution in [2.45, 2.75) is 19.3 Å². The number of rotatable bonds is 3. The van der Waals surface area contributed by atoms with E-state index in [0.717, 1.165) is 42.7 Å². The van der Waals surface area contributed by atoms with Crippen molar-refractivity contribution in [2.24, 2.45) is 11.7 Å². The maximum Gasteiger partial charge on any atom is 0.222 e. The van der Waals surface area contributed by atoms with Crippen molar-refractivity contribution in [2.75, 3.05) is 23.7 Å². The van der Waals surface area contributed by atoms with E-state index < -0.39 is 0 Å². The number of nitrogens with zero attached hydrogens (tertiary/aromatic N) is 3. The van der Waals surface area contributed by atoms with Gasteiger partial charge in [-0.25, -0.2) is 4.98 Å². The lowest BCUT2D eigenvalue weighted by molar-refractivity contribution is -0.119. The number of anilines is 2. The van der Waals surface area contributed by atoms with Crippen LogP contribution in [0.2, 0.25) is 0 Å². The molecule has 110 valence electrons. The summed E-state index contributed by atoms with van der Waals surface area (Å²) in [4.78, 5) is 21.9. The molecular formula is C15H19N5O. The molecule has 6 nitrogen and oxygen atoms in total. The quantitative estimate of drug-likeness (QED) is 0.885. The van der Waals surface area contributed by atoms with Crippen LogP contribution in [-0.2, 0) is 4.79 Å². The van der Waals surface area contributed by atoms with Gasteiger partial charge in [-0.1, -0.05) is 12.1 Å². The molecule has 0 saturated carbocycles. The van der Waals surface area contributed by atoms with Gasteiger partial charge in [0.05, 0.1) is 5.52 Å². The smallest absolute Gasteiger partial charge is 0.222 e. The number of carbonyl (C=O) groups excluding carboxylic acids is 1. The molecule has 1 amide bonds. The molecule has 0 atom stereocenters. The molecule has 0 spiro atoms. The van der Waals surface area contributed by atoms with Gasteiger partial charge in [0, 0.05) is 24.9 Å². The Morgan fingerprint density at radius 2 is 1.95 bits per heavy atom. The summed E-state index contributed by atoms with van der Waals surface area (Å²) in [6.07, 6.45) is 2.36. The highest BCUT2D eigenvalue weighted by molar-refractivity contribution is 5.90. The van der Waals surface area contributed by atoms with Crippen LogP contribution in [0.1, 0.15) is 19.3 Å². The standard InChI is InChI=1S/C15H19N5O/c16-13(21)9-10-5-7-20(8-6-10)14-11-3-1-2-4-12(11)18-15(17)19-14/h1-4,10H,5-9H2,(H2,16,21)(H2,17,18,19). The minimum atomic E-state index is -0.217. The fourth-order valence-electron chi connectivity index (χ4n) is 2.95. The average molecular weight is 285 g/mol. The van der Waals surface area contributed by atoms with Gasteiger partial charge in [-0.05, 0) is 30.9 Å². The van der Waals surface area contributed by atoms with Crippen molar-refractivity contribution < 1.29 is 4.79 Å². The van der Waals surface area contributed by atoms with Crippen molar-refractivity contribution in [3.8, 4) is 0 Å². The zero-order valence-corrected chi connectivity index (χ0v) is 11.8. The topological polar surface area (TPSA) is 98.1 Å². The first-order valence-electron chi connectivity index (χ1n) is 7.19. The fourth-order valence-corrected chi connectivity index (χ4v) is 2.95. The first-order chi connectivity index (χ1) is 10.1. The normalized spacial score (nSPS) is 16.3. The van der Waals surface area contributed by atoms with Gasteiger partial charge in [-0.2, -0.15) is 4.98 Å². The predicted molar refractivity (Wildman–Crippen MR) is 82.7 cm³/mol. The van der Waals surface area contributed by atoms with Crippen LogP contribution in [0, 0.1) is 5.92 Å². The zero-order valence-electron chi connectivity index (χ0n) is 11.8. The third-order valence-corrected chi connectivity index (χ3v) is 4.00. The van der Waals surface area contributed by atoms with Crippen LogP contribution in [0.4, 0.5) is 11.8 Å². The number of fused-ring (bicyclic) bond motifs is 1. The van der Waals surface area contributed by atoms with Crippen molar-refractivity contribution in [3.63, 3.8) is 0 Å². The number of benzene rings is 1. The second-order valence-corrected chi connectivity index (χ2v) is 5.52. The first-order valence-corrected chi connectivity index (χ1v) is 7.19. The van der Waals surface area contributed by atoms with Crippen molar-refractivity contribution in [3.05, 3.63) is 24.3 Å². The van der Waals surface area contributed by atoms with E-state index in [2.05, 4.69) is 14.9 Å². The SMILES string of the molecule is NC(=O)CC1CCN(c2nc(N)nc3ccccc23)CC1. The first kappa shape index (κ1) is 13.6. The van der Waals surface area contributed by atoms with Gasteiger partial charge in [-0.3, -0.25) is 4.79 Å². The maximum absolute atomic E-state index is 11.0. The van der Waals surface area contributed by atoms with E-state index in [1.807, 2.05) is 24.3 Å². The van der Waals surface area contributed by atoms with Crippen molar-refractivity contribution in [1.82, 2.24) is 9.97 Å². The summed E-state index contributed by atoms with van der Waals surface area (Å²) >= 11 is 0. The number of hydrogen-bond acceptors (Lipinski definition) is 5. The molecule has 6 heteroatoms. The Labute approximate surface area is 123 Å². The average Bonchev–Trinajstić information content (AvgIpc) is 2.46. The van der Waals surface area contributed by atoms with Gasteiger partial charge in [0.1, 0.15) is 5.82 Å². The van der Waals surface area contributed by atoms with E-state index in [-0.39, 0.29) is 5.91 Å². The number of piperidine rings is 1. The lowest BCUT2D eigenvalue weighted by atomic mass is 9.93. The number of aromatic nitrogens is 2. The molecule has 1 saturated heterocycles. The van der Waals surface area contributed by atoms with E-state index in [0.29, 0.717) is 18.3 Å². The summed E-state index contributed by atoms with van der Waals surface area (Å²) in [5.41, 5.74) is 11.9. The minimum Gasteiger partial charge on any atom is -0.370 e. The molecule has 2 heterocycles. The molecular weight excluding hydrogens is 266 g/mol. The van der Waals surface area contributed by atoms with Crippen LogP contribution in [0.15, 0.2) is 24.3 Å². The molecule has 0 radical (unpaired) electrons. The van der Waals surface area contributed by atoms with Crippen LogP contribution in [-0.4, -0.2) is 29.0 Å². The zero-order chi connectivity index (χ0) is 14.8. The third-order valence-electron chi connectivity index (χ3n) is 4.00. The Bertz CT molecular complexity index is 664. The Morgan fingerprint density at radius 3 is 2.67 bits per heavy atom. The Hall–Kier alpha value is -2.37. The highest BCUT2D eigenvalue weighted by Gasteiger charge is 2.23. The van der Waals surface area contributed by atoms with E-state index in [4.69, 9.17) is 11.5 Å². The number of nitrogen functional groups attached to an aromatic ring is 1. The van der Waals surface area contributed by atoms with Gasteiger partial charge >= 0.3 is 0 Å². The lowest BCUT2D eigenvalue weighted by Gasteiger charge is -2.33. The number of hydrogen-bond donors (Lipinski definition) is 2. The highest BCUT2D eigenvalue weighted by Crippen LogP contribution is 2.29. The predicted octanol–water partition coefficient (Wildman–Crippen LogP) is 1.30. The van der Waals surface area contributed by atoms with Gasteiger partial charge in [0.25, 0.3) is 0 Å². The second kappa shape index (κ2) is 5.55. The molecule has 21 heavy (non-hydrogen) atoms. The Morgan fingerprint density at radius 1 is 1.24 bits per heavy atom. The molecule has 0 aliphatic carbocycles. The summed E-state index contributed by atoms with van der Waals surface area (Å²) in [6.45, 7) is 1.72. The van der Waals surface area contributed by atoms with Gasteiger partial charge in [0.15, 0.2) is 0 Å². The van der Waals surface area contributed by atoms with Crippen LogP contribution in [0.5, 0.6) is 0 Å². The molecule has 1 aromatic heterocycles. The van der Waals surface area contributed by atoms with Crippen LogP contribution in [0.3, 0.4) is 0 Å². The fraction of sp³-hybridized carbons (Fsp3) is 0.400. The summed E-state index contributed by atoms with van der Waals surface area (Å²) in [7, 11) is 0. The molecule has 2 aromatic rings. The van der Waals surface area contributed by atoms with Crippen molar-refractivity contribution >= 4 is 28.6 Å². The summed E-state index contributed by atoms with van der Waals surface area (Å²) < 4.78 is 0. The molecule has 1 fully saturated rings. The van der Waals surface area contributed by atoms with Crippen LogP contribution in [0.25, 0.3) is 10.9 Å². The van der Waals surface area contributed by atoms with E-state index in [1.165, 1.54) is 0 Å². The summed E-state index contributed by atoms with van der Waals surface area (Å²) in [5.74, 6) is 1.34. The lowest BCUT2D eigenvalue weighted by Crippen LogP contribution is -2.35. The van der Waals surface area contributed by atoms with Gasteiger partial charge in [-0.15, -0.1) is 0 Å². The number of carbonyl (C=O) groups is 1. The Balaban J connectivity index is 1.84.